The lowest BCUT2D eigenvalue weighted by molar-refractivity contribution is -0.130. The summed E-state index contributed by atoms with van der Waals surface area (Å²) in [6, 6.07) is 36.1. The molecule has 0 spiro atoms. The molecular formula is C94H103FN26O. The van der Waals surface area contributed by atoms with Gasteiger partial charge >= 0.3 is 0 Å². The van der Waals surface area contributed by atoms with Crippen LogP contribution in [0, 0.1) is 26.6 Å². The molecule has 28 heteroatoms. The summed E-state index contributed by atoms with van der Waals surface area (Å²) in [5.74, 6) is -0.0499. The summed E-state index contributed by atoms with van der Waals surface area (Å²) < 4.78 is 21.4. The van der Waals surface area contributed by atoms with Crippen molar-refractivity contribution in [3.8, 4) is 44.5 Å². The van der Waals surface area contributed by atoms with E-state index < -0.39 is 0 Å². The van der Waals surface area contributed by atoms with E-state index in [1.54, 1.807) is 20.0 Å². The van der Waals surface area contributed by atoms with Crippen LogP contribution in [0.25, 0.3) is 111 Å². The van der Waals surface area contributed by atoms with Crippen LogP contribution in [-0.4, -0.2) is 240 Å². The number of aromatic nitrogens is 16. The Bertz CT molecular complexity index is 6470. The van der Waals surface area contributed by atoms with E-state index in [9.17, 15) is 9.18 Å². The highest BCUT2D eigenvalue weighted by Gasteiger charge is 2.32. The van der Waals surface area contributed by atoms with Crippen molar-refractivity contribution in [1.82, 2.24) is 97.9 Å². The summed E-state index contributed by atoms with van der Waals surface area (Å²) in [6.07, 6.45) is 37.7. The third kappa shape index (κ3) is 16.4. The molecule has 0 atom stereocenters. The quantitative estimate of drug-likeness (QED) is 0.129. The second kappa shape index (κ2) is 34.5. The molecule has 0 radical (unpaired) electrons. The Balaban J connectivity index is 0.000000108. The average molecular weight is 1630 g/mol. The highest BCUT2D eigenvalue weighted by atomic mass is 19.1. The molecule has 1 amide bonds. The number of carbonyl (C=O) groups excluding carboxylic acids is 1. The van der Waals surface area contributed by atoms with Crippen molar-refractivity contribution in [2.45, 2.75) is 103 Å². The number of carbonyl (C=O) groups is 1. The van der Waals surface area contributed by atoms with Gasteiger partial charge in [0.05, 0.1) is 119 Å². The zero-order chi connectivity index (χ0) is 83.1. The summed E-state index contributed by atoms with van der Waals surface area (Å²) in [4.78, 5) is 67.9. The van der Waals surface area contributed by atoms with Gasteiger partial charge in [-0.3, -0.25) is 34.5 Å². The number of hydrogen-bond acceptors (Lipinski definition) is 22. The van der Waals surface area contributed by atoms with Crippen LogP contribution in [0.4, 0.5) is 27.1 Å². The lowest BCUT2D eigenvalue weighted by atomic mass is 10.0. The van der Waals surface area contributed by atoms with Crippen molar-refractivity contribution >= 4 is 94.9 Å². The Morgan fingerprint density at radius 3 is 1.23 bits per heavy atom. The first-order valence-electron chi connectivity index (χ1n) is 43.0. The number of halogens is 1. The topological polar surface area (TPSA) is 267 Å². The first-order chi connectivity index (χ1) is 59.6. The molecule has 122 heavy (non-hydrogen) atoms. The van der Waals surface area contributed by atoms with E-state index in [0.717, 1.165) is 251 Å². The van der Waals surface area contributed by atoms with Crippen LogP contribution in [-0.2, 0) is 4.79 Å². The van der Waals surface area contributed by atoms with Gasteiger partial charge in [0.25, 0.3) is 0 Å². The monoisotopic (exact) mass is 1630 g/mol. The number of likely N-dealkylation sites (N-methyl/N-ethyl adjacent to an activating group) is 1. The fourth-order valence-electron chi connectivity index (χ4n) is 18.6. The van der Waals surface area contributed by atoms with Crippen LogP contribution in [0.5, 0.6) is 0 Å². The summed E-state index contributed by atoms with van der Waals surface area (Å²) in [6.45, 7) is 24.1. The van der Waals surface area contributed by atoms with Gasteiger partial charge in [0.1, 0.15) is 5.82 Å². The van der Waals surface area contributed by atoms with Gasteiger partial charge < -0.3 is 40.9 Å². The average Bonchev–Trinajstić information content (AvgIpc) is 1.80. The molecule has 0 saturated carbocycles. The number of benzene rings is 4. The first kappa shape index (κ1) is 79.2. The van der Waals surface area contributed by atoms with E-state index >= 15 is 0 Å². The van der Waals surface area contributed by atoms with Crippen LogP contribution in [0.1, 0.15) is 75.1 Å². The molecular weight excluding hydrogens is 1530 g/mol. The van der Waals surface area contributed by atoms with Crippen molar-refractivity contribution in [1.29, 1.82) is 0 Å². The van der Waals surface area contributed by atoms with Crippen molar-refractivity contribution < 1.29 is 9.18 Å². The molecule has 18 heterocycles. The number of nitrogens with two attached hydrogens (primary N) is 2. The number of nitrogens with zero attached hydrogens (tertiary/aromatic N) is 24. The van der Waals surface area contributed by atoms with Gasteiger partial charge in [-0.25, -0.2) is 42.4 Å². The standard InChI is InChI=1S/C26H29N7O.C26H31N7.C21H21FN6.C21H22N6/c1-19(34)30-10-7-20(8-11-30)31-12-14-32(15-13-31)21-16-28-26-24(17-29-33(26)18-21)22-6-9-27-25-5-3-2-4-23(22)25;1-19-3-4-25-23(15-19)22(5-8-27-25)24-17-29-33-18-21(16-28-26(24)33)31-9-6-20(7-10-31)32-13-11-30(2)12-14-32;1-13-8-17-16(2-5-24-20(17)9-19(13)22)18-11-26-28-12-15(10-25-21(18)28)27-6-3-14(23)4-7-27;1-14-10-18(17-4-2-3-5-20(17)25-14)19-12-24-27-13-16(11-23-21(19)27)26-8-6-15(22)7-9-26/h2-6,9,16-18,20H,7-8,10-15H2,1H3;3-5,8,15-18,20H,6-7,9-14H2,1-2H3;2,5,8-12,14H,3-4,6-7,23H2,1H3;2-5,10-13,15H,6-9,22H2,1H3. The van der Waals surface area contributed by atoms with Crippen molar-refractivity contribution in [3.05, 3.63) is 219 Å². The number of anilines is 4. The van der Waals surface area contributed by atoms with Crippen LogP contribution in [0.2, 0.25) is 0 Å². The van der Waals surface area contributed by atoms with Crippen molar-refractivity contribution in [2.75, 3.05) is 131 Å². The van der Waals surface area contributed by atoms with Crippen molar-refractivity contribution in [3.63, 3.8) is 0 Å². The molecule has 27 nitrogen and oxygen atoms in total. The van der Waals surface area contributed by atoms with Gasteiger partial charge in [-0.15, -0.1) is 0 Å². The SMILES string of the molecule is CC(=O)N1CCC(N2CCN(c3cnc4c(-c5ccnc6ccccc56)cnn4c3)CC2)CC1.Cc1cc(-c2cnn3cc(N4CCC(N)CC4)cnc23)c2ccccc2n1.Cc1cc2c(-c3cnn4cc(N5CCC(N)CC5)cnc34)ccnc2cc1F.Cc1ccc2nccc(-c3cnn4cc(N5CCC(N6CCN(C)CC6)CC5)cnc34)c2c1. The molecule has 4 N–H and O–H groups in total. The van der Waals surface area contributed by atoms with E-state index in [1.165, 1.54) is 50.7 Å². The van der Waals surface area contributed by atoms with Gasteiger partial charge in [-0.2, -0.15) is 20.4 Å². The van der Waals surface area contributed by atoms with E-state index in [2.05, 4.69) is 150 Å². The summed E-state index contributed by atoms with van der Waals surface area (Å²) in [7, 11) is 2.22. The van der Waals surface area contributed by atoms with E-state index in [4.69, 9.17) is 31.4 Å². The van der Waals surface area contributed by atoms with Crippen LogP contribution in [0.3, 0.4) is 0 Å². The lowest BCUT2D eigenvalue weighted by Crippen LogP contribution is -2.53. The maximum atomic E-state index is 13.9. The van der Waals surface area contributed by atoms with E-state index in [1.807, 2.05) is 153 Å². The number of para-hydroxylation sites is 2. The van der Waals surface area contributed by atoms with E-state index in [0.29, 0.717) is 29.2 Å². The second-order valence-corrected chi connectivity index (χ2v) is 33.6. The number of pyridine rings is 4. The minimum Gasteiger partial charge on any atom is -0.369 e. The lowest BCUT2D eigenvalue weighted by Gasteiger charge is -2.43. The van der Waals surface area contributed by atoms with Gasteiger partial charge in [-0.05, 0) is 162 Å². The smallest absolute Gasteiger partial charge is 0.219 e. The van der Waals surface area contributed by atoms with Gasteiger partial charge in [-0.1, -0.05) is 48.0 Å². The molecule has 6 saturated heterocycles. The summed E-state index contributed by atoms with van der Waals surface area (Å²) in [5.41, 5.74) is 34.5. The Morgan fingerprint density at radius 2 is 0.754 bits per heavy atom. The second-order valence-electron chi connectivity index (χ2n) is 33.6. The third-order valence-electron chi connectivity index (χ3n) is 25.7. The normalized spacial score (nSPS) is 17.3. The Morgan fingerprint density at radius 1 is 0.369 bits per heavy atom. The van der Waals surface area contributed by atoms with Crippen LogP contribution >= 0.6 is 0 Å². The highest BCUT2D eigenvalue weighted by molar-refractivity contribution is 6.01. The van der Waals surface area contributed by atoms with Gasteiger partial charge in [0.15, 0.2) is 22.6 Å². The number of aryl methyl sites for hydroxylation is 3. The minimum atomic E-state index is -0.249. The number of hydrogen-bond donors (Lipinski definition) is 2. The number of piperidine rings is 4. The largest absolute Gasteiger partial charge is 0.369 e. The maximum Gasteiger partial charge on any atom is 0.219 e. The number of fused-ring (bicyclic) bond motifs is 8. The molecule has 0 bridgehead atoms. The summed E-state index contributed by atoms with van der Waals surface area (Å²) in [5, 5.41) is 22.7. The molecule has 12 aromatic heterocycles. The fraction of sp³-hybridized carbons (Fsp3) is 0.351. The minimum absolute atomic E-state index is 0.199. The Kier molecular flexibility index (Phi) is 22.4. The Labute approximate surface area is 707 Å². The number of rotatable bonds is 10. The fourth-order valence-corrected chi connectivity index (χ4v) is 18.6. The molecule has 6 fully saturated rings. The first-order valence-corrected chi connectivity index (χ1v) is 43.0. The van der Waals surface area contributed by atoms with Crippen LogP contribution in [0.15, 0.2) is 196 Å². The zero-order valence-electron chi connectivity index (χ0n) is 69.9. The Hall–Kier alpha value is -12.6. The molecule has 4 aromatic carbocycles. The third-order valence-corrected chi connectivity index (χ3v) is 25.7. The molecule has 622 valence electrons. The molecule has 6 aliphatic rings. The van der Waals surface area contributed by atoms with Gasteiger partial charge in [0, 0.05) is 210 Å². The number of likely N-dealkylation sites (tertiary alicyclic amines) is 1. The molecule has 22 rings (SSSR count). The molecule has 0 unspecified atom stereocenters. The number of piperazine rings is 2. The van der Waals surface area contributed by atoms with Crippen LogP contribution < -0.4 is 31.1 Å². The summed E-state index contributed by atoms with van der Waals surface area (Å²) >= 11 is 0. The zero-order valence-corrected chi connectivity index (χ0v) is 69.9. The maximum absolute atomic E-state index is 13.9. The number of amides is 1. The molecule has 0 aliphatic carbocycles. The van der Waals surface area contributed by atoms with Gasteiger partial charge in [0.2, 0.25) is 5.91 Å². The molecule has 6 aliphatic heterocycles. The molecule has 16 aromatic rings. The highest BCUT2D eigenvalue weighted by Crippen LogP contribution is 2.38. The van der Waals surface area contributed by atoms with E-state index in [-0.39, 0.29) is 17.8 Å². The predicted octanol–water partition coefficient (Wildman–Crippen LogP) is 13.0. The van der Waals surface area contributed by atoms with Crippen molar-refractivity contribution in [2.24, 2.45) is 11.5 Å². The predicted molar refractivity (Wildman–Crippen MR) is 481 cm³/mol.